The zero-order chi connectivity index (χ0) is 25.3. The lowest BCUT2D eigenvalue weighted by Crippen LogP contribution is -2.60. The summed E-state index contributed by atoms with van der Waals surface area (Å²) < 4.78 is 0. The highest BCUT2D eigenvalue weighted by Crippen LogP contribution is 2.45. The van der Waals surface area contributed by atoms with Gasteiger partial charge in [-0.1, -0.05) is 75.4 Å². The van der Waals surface area contributed by atoms with E-state index in [9.17, 15) is 0 Å². The van der Waals surface area contributed by atoms with Gasteiger partial charge in [0, 0.05) is 28.4 Å². The Kier molecular flexibility index (Phi) is 4.93. The Morgan fingerprint density at radius 1 is 0.649 bits per heavy atom. The third-order valence-electron chi connectivity index (χ3n) is 7.73. The maximum atomic E-state index is 2.49. The van der Waals surface area contributed by atoms with E-state index >= 15 is 0 Å². The van der Waals surface area contributed by atoms with Crippen molar-refractivity contribution in [1.29, 1.82) is 0 Å². The standard InChI is InChI=1S/C33H29BN2S/c1-22-20-29-31-30(21-22)36(25-16-14-23(15-17-25)33(2,3)4)32-27(18-19-37-32)34(31)26-12-8-9-13-28(26)35(29)24-10-6-5-7-11-24/h5-21H,1-4H3. The predicted octanol–water partition coefficient (Wildman–Crippen LogP) is 7.44. The molecule has 37 heavy (non-hydrogen) atoms. The van der Waals surface area contributed by atoms with Crippen LogP contribution in [-0.2, 0) is 5.41 Å². The molecule has 4 aromatic carbocycles. The molecule has 0 bridgehead atoms. The number of anilines is 6. The SMILES string of the molecule is Cc1cc2c3c(c1)N(c1ccc(C(C)(C)C)cc1)c1sccc1B3c1ccccc1N2c1ccccc1. The van der Waals surface area contributed by atoms with E-state index < -0.39 is 0 Å². The predicted molar refractivity (Wildman–Crippen MR) is 162 cm³/mol. The second-order valence-electron chi connectivity index (χ2n) is 11.2. The molecular formula is C33H29BN2S. The molecule has 0 fully saturated rings. The highest BCUT2D eigenvalue weighted by atomic mass is 32.1. The van der Waals surface area contributed by atoms with Crippen molar-refractivity contribution in [2.24, 2.45) is 0 Å². The summed E-state index contributed by atoms with van der Waals surface area (Å²) >= 11 is 1.84. The zero-order valence-electron chi connectivity index (χ0n) is 21.7. The van der Waals surface area contributed by atoms with Crippen molar-refractivity contribution in [2.45, 2.75) is 33.1 Å². The lowest BCUT2D eigenvalue weighted by Gasteiger charge is -2.43. The summed E-state index contributed by atoms with van der Waals surface area (Å²) in [5, 5.41) is 3.58. The third-order valence-corrected chi connectivity index (χ3v) is 8.65. The second-order valence-corrected chi connectivity index (χ2v) is 12.1. The minimum atomic E-state index is 0.127. The largest absolute Gasteiger partial charge is 0.311 e. The molecule has 0 atom stereocenters. The number of hydrogen-bond donors (Lipinski definition) is 0. The minimum Gasteiger partial charge on any atom is -0.311 e. The second kappa shape index (κ2) is 8.12. The Balaban J connectivity index is 1.51. The summed E-state index contributed by atoms with van der Waals surface area (Å²) in [6.45, 7) is 9.26. The monoisotopic (exact) mass is 496 g/mol. The average molecular weight is 496 g/mol. The van der Waals surface area contributed by atoms with Gasteiger partial charge < -0.3 is 9.80 Å². The highest BCUT2D eigenvalue weighted by Gasteiger charge is 2.43. The smallest absolute Gasteiger partial charge is 0.253 e. The van der Waals surface area contributed by atoms with Gasteiger partial charge in [-0.25, -0.2) is 0 Å². The molecule has 0 aliphatic carbocycles. The van der Waals surface area contributed by atoms with Crippen molar-refractivity contribution < 1.29 is 0 Å². The summed E-state index contributed by atoms with van der Waals surface area (Å²) in [6, 6.07) is 36.0. The molecule has 0 saturated heterocycles. The van der Waals surface area contributed by atoms with Crippen LogP contribution in [0.3, 0.4) is 0 Å². The molecule has 180 valence electrons. The molecule has 4 heteroatoms. The van der Waals surface area contributed by atoms with Crippen LogP contribution < -0.4 is 26.2 Å². The Bertz CT molecular complexity index is 1630. The van der Waals surface area contributed by atoms with Gasteiger partial charge in [-0.3, -0.25) is 0 Å². The van der Waals surface area contributed by atoms with E-state index in [1.165, 1.54) is 61.0 Å². The quantitative estimate of drug-likeness (QED) is 0.230. The van der Waals surface area contributed by atoms with Crippen molar-refractivity contribution in [3.8, 4) is 0 Å². The van der Waals surface area contributed by atoms with Gasteiger partial charge in [0.15, 0.2) is 0 Å². The van der Waals surface area contributed by atoms with Crippen LogP contribution in [0, 0.1) is 6.92 Å². The Labute approximate surface area is 223 Å². The molecule has 3 heterocycles. The van der Waals surface area contributed by atoms with Crippen LogP contribution in [0.15, 0.2) is 102 Å². The fourth-order valence-corrected chi connectivity index (χ4v) is 6.99. The van der Waals surface area contributed by atoms with Gasteiger partial charge in [0.25, 0.3) is 6.71 Å². The fourth-order valence-electron chi connectivity index (χ4n) is 6.01. The van der Waals surface area contributed by atoms with E-state index in [1.54, 1.807) is 0 Å². The topological polar surface area (TPSA) is 6.48 Å². The lowest BCUT2D eigenvalue weighted by molar-refractivity contribution is 0.590. The maximum absolute atomic E-state index is 2.49. The van der Waals surface area contributed by atoms with Crippen LogP contribution in [0.5, 0.6) is 0 Å². The van der Waals surface area contributed by atoms with Gasteiger partial charge in [0.2, 0.25) is 0 Å². The van der Waals surface area contributed by atoms with E-state index in [4.69, 9.17) is 0 Å². The number of aryl methyl sites for hydroxylation is 1. The van der Waals surface area contributed by atoms with Crippen molar-refractivity contribution in [1.82, 2.24) is 0 Å². The van der Waals surface area contributed by atoms with E-state index in [0.717, 1.165) is 0 Å². The van der Waals surface area contributed by atoms with E-state index in [2.05, 4.69) is 140 Å². The highest BCUT2D eigenvalue weighted by molar-refractivity contribution is 7.18. The molecule has 2 aliphatic rings. The number of fused-ring (bicyclic) bond motifs is 4. The van der Waals surface area contributed by atoms with Gasteiger partial charge in [-0.05, 0) is 87.7 Å². The first-order chi connectivity index (χ1) is 17.9. The molecule has 7 rings (SSSR count). The summed E-state index contributed by atoms with van der Waals surface area (Å²) in [5.41, 5.74) is 13.1. The molecule has 2 nitrogen and oxygen atoms in total. The van der Waals surface area contributed by atoms with Crippen LogP contribution in [-0.4, -0.2) is 6.71 Å². The summed E-state index contributed by atoms with van der Waals surface area (Å²) in [4.78, 5) is 4.95. The van der Waals surface area contributed by atoms with Gasteiger partial charge in [0.1, 0.15) is 0 Å². The number of nitrogens with zero attached hydrogens (tertiary/aromatic N) is 2. The van der Waals surface area contributed by atoms with E-state index in [1.807, 2.05) is 11.3 Å². The van der Waals surface area contributed by atoms with Crippen molar-refractivity contribution in [2.75, 3.05) is 9.80 Å². The van der Waals surface area contributed by atoms with Gasteiger partial charge >= 0.3 is 0 Å². The molecule has 1 aromatic heterocycles. The van der Waals surface area contributed by atoms with Gasteiger partial charge in [-0.15, -0.1) is 11.3 Å². The summed E-state index contributed by atoms with van der Waals surface area (Å²) in [6.07, 6.45) is 0. The van der Waals surface area contributed by atoms with Crippen molar-refractivity contribution in [3.63, 3.8) is 0 Å². The Morgan fingerprint density at radius 3 is 2.03 bits per heavy atom. The number of thiophene rings is 1. The number of benzene rings is 4. The zero-order valence-corrected chi connectivity index (χ0v) is 22.5. The van der Waals surface area contributed by atoms with Crippen molar-refractivity contribution in [3.05, 3.63) is 114 Å². The molecular weight excluding hydrogens is 467 g/mol. The Hall–Kier alpha value is -3.76. The number of rotatable bonds is 2. The Morgan fingerprint density at radius 2 is 1.30 bits per heavy atom. The first-order valence-electron chi connectivity index (χ1n) is 13.0. The first-order valence-corrected chi connectivity index (χ1v) is 13.9. The molecule has 0 N–H and O–H groups in total. The molecule has 0 unspecified atom stereocenters. The maximum Gasteiger partial charge on any atom is 0.253 e. The summed E-state index contributed by atoms with van der Waals surface area (Å²) in [5.74, 6) is 0. The molecule has 0 spiro atoms. The van der Waals surface area contributed by atoms with E-state index in [0.29, 0.717) is 0 Å². The minimum absolute atomic E-state index is 0.127. The molecule has 0 saturated carbocycles. The van der Waals surface area contributed by atoms with Crippen LogP contribution >= 0.6 is 11.3 Å². The fraction of sp³-hybridized carbons (Fsp3) is 0.152. The van der Waals surface area contributed by atoms with Crippen LogP contribution in [0.1, 0.15) is 31.9 Å². The normalized spacial score (nSPS) is 13.8. The average Bonchev–Trinajstić information content (AvgIpc) is 3.38. The van der Waals surface area contributed by atoms with Crippen molar-refractivity contribution >= 4 is 67.9 Å². The molecule has 2 aliphatic heterocycles. The first kappa shape index (κ1) is 22.4. The summed E-state index contributed by atoms with van der Waals surface area (Å²) in [7, 11) is 0. The molecule has 5 aromatic rings. The van der Waals surface area contributed by atoms with Crippen LogP contribution in [0.4, 0.5) is 33.4 Å². The van der Waals surface area contributed by atoms with Gasteiger partial charge in [0.05, 0.1) is 5.00 Å². The van der Waals surface area contributed by atoms with E-state index in [-0.39, 0.29) is 12.1 Å². The van der Waals surface area contributed by atoms with Gasteiger partial charge in [-0.2, -0.15) is 0 Å². The van der Waals surface area contributed by atoms with Crippen LogP contribution in [0.25, 0.3) is 0 Å². The lowest BCUT2D eigenvalue weighted by atomic mass is 9.34. The van der Waals surface area contributed by atoms with Crippen LogP contribution in [0.2, 0.25) is 0 Å². The third kappa shape index (κ3) is 3.39. The molecule has 0 radical (unpaired) electrons. The molecule has 0 amide bonds. The number of para-hydroxylation sites is 2. The number of hydrogen-bond acceptors (Lipinski definition) is 3.